The maximum atomic E-state index is 11.9. The summed E-state index contributed by atoms with van der Waals surface area (Å²) in [5.41, 5.74) is -0.0597. The number of aryl methyl sites for hydroxylation is 1. The van der Waals surface area contributed by atoms with Crippen molar-refractivity contribution in [1.29, 1.82) is 0 Å². The lowest BCUT2D eigenvalue weighted by molar-refractivity contribution is 0.0685. The smallest absolute Gasteiger partial charge is 0.352 e. The summed E-state index contributed by atoms with van der Waals surface area (Å²) in [6.45, 7) is 5.66. The average molecular weight is 337 g/mol. The lowest BCUT2D eigenvalue weighted by Gasteiger charge is -2.03. The molecule has 0 atom stereocenters. The Morgan fingerprint density at radius 3 is 2.61 bits per heavy atom. The molecule has 0 aliphatic heterocycles. The third-order valence-electron chi connectivity index (χ3n) is 2.20. The maximum absolute atomic E-state index is 11.9. The zero-order valence-corrected chi connectivity index (χ0v) is 12.1. The monoisotopic (exact) mass is 336 g/mol. The summed E-state index contributed by atoms with van der Waals surface area (Å²) in [6.07, 6.45) is 1.29. The van der Waals surface area contributed by atoms with E-state index in [1.54, 1.807) is 6.92 Å². The van der Waals surface area contributed by atoms with Crippen LogP contribution in [-0.4, -0.2) is 30.6 Å². The molecule has 0 saturated heterocycles. The number of carboxylic acids is 1. The van der Waals surface area contributed by atoms with E-state index in [9.17, 15) is 13.2 Å². The zero-order valence-electron chi connectivity index (χ0n) is 9.68. The van der Waals surface area contributed by atoms with E-state index >= 15 is 0 Å². The first-order valence-corrected chi connectivity index (χ1v) is 7.32. The van der Waals surface area contributed by atoms with Gasteiger partial charge in [0.15, 0.2) is 0 Å². The van der Waals surface area contributed by atoms with E-state index in [0.717, 1.165) is 6.07 Å². The van der Waals surface area contributed by atoms with E-state index < -0.39 is 16.0 Å². The van der Waals surface area contributed by atoms with Gasteiger partial charge in [-0.05, 0) is 13.0 Å². The number of carbonyl (C=O) groups is 1. The molecule has 0 fully saturated rings. The molecule has 0 aromatic carbocycles. The molecular weight excluding hydrogens is 324 g/mol. The van der Waals surface area contributed by atoms with Crippen molar-refractivity contribution in [3.05, 3.63) is 29.0 Å². The highest BCUT2D eigenvalue weighted by atomic mass is 79.9. The highest BCUT2D eigenvalue weighted by Gasteiger charge is 2.20. The Bertz CT molecular complexity index is 577. The van der Waals surface area contributed by atoms with Gasteiger partial charge in [-0.3, -0.25) is 0 Å². The van der Waals surface area contributed by atoms with Gasteiger partial charge >= 0.3 is 5.97 Å². The largest absolute Gasteiger partial charge is 0.477 e. The van der Waals surface area contributed by atoms with Gasteiger partial charge < -0.3 is 9.67 Å². The molecule has 8 heteroatoms. The first-order valence-electron chi connectivity index (χ1n) is 5.04. The number of carboxylic acid groups (broad SMARTS) is 1. The fourth-order valence-electron chi connectivity index (χ4n) is 1.33. The third kappa shape index (κ3) is 3.44. The molecule has 0 unspecified atom stereocenters. The predicted molar refractivity (Wildman–Crippen MR) is 70.3 cm³/mol. The topological polar surface area (TPSA) is 88.4 Å². The molecule has 100 valence electrons. The number of rotatable bonds is 6. The maximum Gasteiger partial charge on any atom is 0.352 e. The summed E-state index contributed by atoms with van der Waals surface area (Å²) in [5.74, 6) is -1.16. The number of halogens is 1. The van der Waals surface area contributed by atoms with Crippen LogP contribution in [-0.2, 0) is 16.6 Å². The summed E-state index contributed by atoms with van der Waals surface area (Å²) in [5, 5.41) is 8.94. The van der Waals surface area contributed by atoms with Gasteiger partial charge in [0, 0.05) is 23.8 Å². The lowest BCUT2D eigenvalue weighted by atomic mass is 10.4. The molecule has 1 heterocycles. The minimum atomic E-state index is -3.73. The minimum absolute atomic E-state index is 0.0437. The van der Waals surface area contributed by atoms with Gasteiger partial charge in [0.05, 0.1) is 0 Å². The van der Waals surface area contributed by atoms with E-state index in [1.165, 1.54) is 10.8 Å². The van der Waals surface area contributed by atoms with E-state index in [0.29, 0.717) is 11.0 Å². The predicted octanol–water partition coefficient (Wildman–Crippen LogP) is 1.39. The SMILES string of the molecule is C=C(Br)CNS(=O)(=O)c1cc(C(=O)O)n(CC)c1. The quantitative estimate of drug-likeness (QED) is 0.821. The van der Waals surface area contributed by atoms with Gasteiger partial charge in [0.25, 0.3) is 0 Å². The second-order valence-corrected chi connectivity index (χ2v) is 6.38. The molecule has 2 N–H and O–H groups in total. The van der Waals surface area contributed by atoms with Crippen LogP contribution < -0.4 is 4.72 Å². The first-order chi connectivity index (χ1) is 8.27. The molecule has 0 saturated carbocycles. The van der Waals surface area contributed by atoms with E-state index in [-0.39, 0.29) is 17.1 Å². The Labute approximate surface area is 113 Å². The van der Waals surface area contributed by atoms with Crippen LogP contribution in [0, 0.1) is 0 Å². The first kappa shape index (κ1) is 14.9. The van der Waals surface area contributed by atoms with Gasteiger partial charge in [-0.25, -0.2) is 17.9 Å². The van der Waals surface area contributed by atoms with Crippen molar-refractivity contribution in [1.82, 2.24) is 9.29 Å². The van der Waals surface area contributed by atoms with Crippen molar-refractivity contribution in [2.24, 2.45) is 0 Å². The van der Waals surface area contributed by atoms with Crippen molar-refractivity contribution >= 4 is 31.9 Å². The summed E-state index contributed by atoms with van der Waals surface area (Å²) in [6, 6.07) is 1.13. The van der Waals surface area contributed by atoms with Gasteiger partial charge in [-0.1, -0.05) is 22.5 Å². The Kier molecular flexibility index (Phi) is 4.71. The Morgan fingerprint density at radius 1 is 1.61 bits per heavy atom. The van der Waals surface area contributed by atoms with Gasteiger partial charge in [0.2, 0.25) is 10.0 Å². The lowest BCUT2D eigenvalue weighted by Crippen LogP contribution is -2.24. The number of nitrogens with one attached hydrogen (secondary N) is 1. The van der Waals surface area contributed by atoms with Crippen molar-refractivity contribution in [2.75, 3.05) is 6.54 Å². The molecule has 18 heavy (non-hydrogen) atoms. The van der Waals surface area contributed by atoms with Gasteiger partial charge in [0.1, 0.15) is 10.6 Å². The van der Waals surface area contributed by atoms with Crippen LogP contribution >= 0.6 is 15.9 Å². The van der Waals surface area contributed by atoms with E-state index in [2.05, 4.69) is 27.2 Å². The number of nitrogens with zero attached hydrogens (tertiary/aromatic N) is 1. The third-order valence-corrected chi connectivity index (χ3v) is 3.84. The van der Waals surface area contributed by atoms with Crippen molar-refractivity contribution in [2.45, 2.75) is 18.4 Å². The fourth-order valence-corrected chi connectivity index (χ4v) is 2.72. The summed E-state index contributed by atoms with van der Waals surface area (Å²) < 4.78 is 27.9. The summed E-state index contributed by atoms with van der Waals surface area (Å²) >= 11 is 3.04. The Morgan fingerprint density at radius 2 is 2.22 bits per heavy atom. The average Bonchev–Trinajstić information content (AvgIpc) is 2.71. The molecule has 0 bridgehead atoms. The molecule has 0 aliphatic rings. The molecule has 6 nitrogen and oxygen atoms in total. The Hall–Kier alpha value is -1.12. The van der Waals surface area contributed by atoms with Gasteiger partial charge in [-0.15, -0.1) is 0 Å². The summed E-state index contributed by atoms with van der Waals surface area (Å²) in [7, 11) is -3.73. The van der Waals surface area contributed by atoms with Crippen LogP contribution in [0.3, 0.4) is 0 Å². The Balaban J connectivity index is 3.10. The normalized spacial score (nSPS) is 11.4. The molecule has 1 rings (SSSR count). The fraction of sp³-hybridized carbons (Fsp3) is 0.300. The van der Waals surface area contributed by atoms with Crippen molar-refractivity contribution in [3.8, 4) is 0 Å². The van der Waals surface area contributed by atoms with Crippen molar-refractivity contribution in [3.63, 3.8) is 0 Å². The molecule has 1 aromatic heterocycles. The van der Waals surface area contributed by atoms with Crippen LogP contribution in [0.2, 0.25) is 0 Å². The molecule has 1 aromatic rings. The highest BCUT2D eigenvalue weighted by Crippen LogP contribution is 2.15. The minimum Gasteiger partial charge on any atom is -0.477 e. The molecular formula is C10H13BrN2O4S. The number of sulfonamides is 1. The number of aromatic nitrogens is 1. The number of hydrogen-bond acceptors (Lipinski definition) is 3. The van der Waals surface area contributed by atoms with Crippen LogP contribution in [0.4, 0.5) is 0 Å². The second-order valence-electron chi connectivity index (χ2n) is 3.49. The van der Waals surface area contributed by atoms with Crippen LogP contribution in [0.5, 0.6) is 0 Å². The molecule has 0 amide bonds. The number of hydrogen-bond donors (Lipinski definition) is 2. The standard InChI is InChI=1S/C10H13BrN2O4S/c1-3-13-6-8(4-9(13)10(14)15)18(16,17)12-5-7(2)11/h4,6,12H,2-3,5H2,1H3,(H,14,15). The number of aromatic carboxylic acids is 1. The second kappa shape index (κ2) is 5.68. The van der Waals surface area contributed by atoms with Crippen molar-refractivity contribution < 1.29 is 18.3 Å². The van der Waals surface area contributed by atoms with Crippen LogP contribution in [0.1, 0.15) is 17.4 Å². The van der Waals surface area contributed by atoms with Crippen LogP contribution in [0.15, 0.2) is 28.2 Å². The van der Waals surface area contributed by atoms with Gasteiger partial charge in [-0.2, -0.15) is 0 Å². The molecule has 0 spiro atoms. The van der Waals surface area contributed by atoms with Crippen LogP contribution in [0.25, 0.3) is 0 Å². The molecule has 0 radical (unpaired) electrons. The molecule has 0 aliphatic carbocycles. The highest BCUT2D eigenvalue weighted by molar-refractivity contribution is 9.11. The zero-order chi connectivity index (χ0) is 13.9. The van der Waals surface area contributed by atoms with E-state index in [4.69, 9.17) is 5.11 Å². The summed E-state index contributed by atoms with van der Waals surface area (Å²) in [4.78, 5) is 10.9. The van der Waals surface area contributed by atoms with E-state index in [1.807, 2.05) is 0 Å².